The predicted octanol–water partition coefficient (Wildman–Crippen LogP) is 3.20. The molecular formula is C29H37ClN6O3. The third kappa shape index (κ3) is 6.79. The molecule has 0 aliphatic carbocycles. The Labute approximate surface area is 232 Å². The maximum absolute atomic E-state index is 13.7. The number of aryl methyl sites for hydroxylation is 2. The van der Waals surface area contributed by atoms with E-state index in [4.69, 9.17) is 22.3 Å². The number of anilines is 1. The summed E-state index contributed by atoms with van der Waals surface area (Å²) in [6.07, 6.45) is 1.91. The summed E-state index contributed by atoms with van der Waals surface area (Å²) >= 11 is 6.24. The molecule has 0 fully saturated rings. The Morgan fingerprint density at radius 2 is 1.77 bits per heavy atom. The summed E-state index contributed by atoms with van der Waals surface area (Å²) in [6, 6.07) is 15.1. The van der Waals surface area contributed by atoms with Crippen molar-refractivity contribution in [2.24, 2.45) is 0 Å². The highest BCUT2D eigenvalue weighted by Crippen LogP contribution is 2.19. The van der Waals surface area contributed by atoms with Crippen molar-refractivity contribution in [3.63, 3.8) is 0 Å². The molecule has 2 aromatic carbocycles. The SMILES string of the molecule is CCCn1c(=O)c2c(nc(Cc3cccc(Cl)c3)n2CCNCC(O)CC)n(CCc2ccc(N)cc2)c1=O. The van der Waals surface area contributed by atoms with Crippen molar-refractivity contribution in [1.29, 1.82) is 0 Å². The lowest BCUT2D eigenvalue weighted by atomic mass is 10.1. The number of aliphatic hydroxyl groups excluding tert-OH is 1. The van der Waals surface area contributed by atoms with Gasteiger partial charge in [0.25, 0.3) is 5.56 Å². The number of nitrogens with two attached hydrogens (primary N) is 1. The number of fused-ring (bicyclic) bond motifs is 1. The van der Waals surface area contributed by atoms with Gasteiger partial charge in [0.2, 0.25) is 0 Å². The van der Waals surface area contributed by atoms with Crippen LogP contribution >= 0.6 is 11.6 Å². The van der Waals surface area contributed by atoms with Crippen molar-refractivity contribution in [3.8, 4) is 0 Å². The van der Waals surface area contributed by atoms with Gasteiger partial charge in [-0.3, -0.25) is 13.9 Å². The van der Waals surface area contributed by atoms with Crippen molar-refractivity contribution in [1.82, 2.24) is 24.0 Å². The van der Waals surface area contributed by atoms with Crippen LogP contribution in [0.2, 0.25) is 5.02 Å². The minimum Gasteiger partial charge on any atom is -0.399 e. The Kier molecular flexibility index (Phi) is 9.61. The second-order valence-corrected chi connectivity index (χ2v) is 10.2. The van der Waals surface area contributed by atoms with Crippen LogP contribution in [-0.4, -0.2) is 43.0 Å². The number of halogens is 1. The highest BCUT2D eigenvalue weighted by Gasteiger charge is 2.22. The molecule has 10 heteroatoms. The van der Waals surface area contributed by atoms with E-state index in [2.05, 4.69) is 5.32 Å². The summed E-state index contributed by atoms with van der Waals surface area (Å²) < 4.78 is 4.85. The zero-order valence-corrected chi connectivity index (χ0v) is 23.3. The van der Waals surface area contributed by atoms with Crippen molar-refractivity contribution < 1.29 is 5.11 Å². The molecule has 0 aliphatic heterocycles. The monoisotopic (exact) mass is 552 g/mol. The van der Waals surface area contributed by atoms with E-state index in [1.165, 1.54) is 4.57 Å². The number of hydrogen-bond acceptors (Lipinski definition) is 6. The van der Waals surface area contributed by atoms with Crippen LogP contribution in [0.15, 0.2) is 58.1 Å². The molecule has 0 bridgehead atoms. The van der Waals surface area contributed by atoms with Gasteiger partial charge in [-0.1, -0.05) is 49.7 Å². The Bertz CT molecular complexity index is 1520. The number of nitrogens with one attached hydrogen (secondary N) is 1. The Balaban J connectivity index is 1.81. The fraction of sp³-hybridized carbons (Fsp3) is 0.414. The minimum absolute atomic E-state index is 0.325. The molecule has 0 saturated carbocycles. The fourth-order valence-corrected chi connectivity index (χ4v) is 4.91. The first-order valence-corrected chi connectivity index (χ1v) is 13.9. The minimum atomic E-state index is -0.434. The van der Waals surface area contributed by atoms with Crippen LogP contribution in [0.1, 0.15) is 43.6 Å². The summed E-state index contributed by atoms with van der Waals surface area (Å²) in [5.74, 6) is 0.678. The van der Waals surface area contributed by atoms with Gasteiger partial charge in [-0.05, 0) is 54.7 Å². The molecule has 1 unspecified atom stereocenters. The molecule has 0 spiro atoms. The average Bonchev–Trinajstić information content (AvgIpc) is 3.27. The summed E-state index contributed by atoms with van der Waals surface area (Å²) in [4.78, 5) is 32.2. The summed E-state index contributed by atoms with van der Waals surface area (Å²) in [5.41, 5.74) is 8.62. The Morgan fingerprint density at radius 3 is 2.46 bits per heavy atom. The number of benzene rings is 2. The topological polar surface area (TPSA) is 120 Å². The lowest BCUT2D eigenvalue weighted by Gasteiger charge is -2.14. The summed E-state index contributed by atoms with van der Waals surface area (Å²) in [5, 5.41) is 13.8. The van der Waals surface area contributed by atoms with Crippen molar-refractivity contribution in [2.75, 3.05) is 18.8 Å². The number of nitrogens with zero attached hydrogens (tertiary/aromatic N) is 4. The van der Waals surface area contributed by atoms with Crippen molar-refractivity contribution >= 4 is 28.5 Å². The molecule has 1 atom stereocenters. The van der Waals surface area contributed by atoms with Crippen LogP contribution in [0.4, 0.5) is 5.69 Å². The number of nitrogen functional groups attached to an aromatic ring is 1. The molecule has 4 N–H and O–H groups in total. The van der Waals surface area contributed by atoms with Gasteiger partial charge in [-0.15, -0.1) is 0 Å². The van der Waals surface area contributed by atoms with Gasteiger partial charge in [0.1, 0.15) is 5.82 Å². The summed E-state index contributed by atoms with van der Waals surface area (Å²) in [7, 11) is 0. The van der Waals surface area contributed by atoms with Gasteiger partial charge >= 0.3 is 5.69 Å². The zero-order valence-electron chi connectivity index (χ0n) is 22.6. The molecule has 39 heavy (non-hydrogen) atoms. The molecule has 2 heterocycles. The smallest absolute Gasteiger partial charge is 0.332 e. The molecule has 0 saturated heterocycles. The molecule has 4 rings (SSSR count). The van der Waals surface area contributed by atoms with Gasteiger partial charge in [0, 0.05) is 49.9 Å². The van der Waals surface area contributed by atoms with Gasteiger partial charge in [-0.25, -0.2) is 9.78 Å². The number of hydrogen-bond donors (Lipinski definition) is 3. The standard InChI is InChI=1S/C29H37ClN6O3/c1-3-14-36-28(38)26-27(35(29(36)39)15-12-20-8-10-23(31)11-9-20)33-25(18-21-6-5-7-22(30)17-21)34(26)16-13-32-19-24(37)4-2/h5-11,17,24,32,37H,3-4,12-16,18-19,31H2,1-2H3. The van der Waals surface area contributed by atoms with Crippen LogP contribution in [-0.2, 0) is 32.5 Å². The van der Waals surface area contributed by atoms with E-state index < -0.39 is 6.10 Å². The lowest BCUT2D eigenvalue weighted by molar-refractivity contribution is 0.167. The van der Waals surface area contributed by atoms with E-state index in [1.54, 1.807) is 4.57 Å². The van der Waals surface area contributed by atoms with Gasteiger partial charge in [0.05, 0.1) is 6.10 Å². The lowest BCUT2D eigenvalue weighted by Crippen LogP contribution is -2.41. The van der Waals surface area contributed by atoms with Crippen LogP contribution in [0.5, 0.6) is 0 Å². The summed E-state index contributed by atoms with van der Waals surface area (Å²) in [6.45, 7) is 6.02. The Hall–Kier alpha value is -3.40. The van der Waals surface area contributed by atoms with E-state index in [0.29, 0.717) is 86.1 Å². The van der Waals surface area contributed by atoms with Crippen molar-refractivity contribution in [3.05, 3.63) is 91.3 Å². The van der Waals surface area contributed by atoms with Crippen LogP contribution in [0.25, 0.3) is 11.2 Å². The quantitative estimate of drug-likeness (QED) is 0.173. The second-order valence-electron chi connectivity index (χ2n) is 9.81. The molecule has 208 valence electrons. The highest BCUT2D eigenvalue weighted by atomic mass is 35.5. The second kappa shape index (κ2) is 13.1. The van der Waals surface area contributed by atoms with Crippen LogP contribution in [0.3, 0.4) is 0 Å². The third-order valence-corrected chi connectivity index (χ3v) is 7.09. The molecular weight excluding hydrogens is 516 g/mol. The van der Waals surface area contributed by atoms with E-state index in [9.17, 15) is 14.7 Å². The van der Waals surface area contributed by atoms with E-state index >= 15 is 0 Å². The predicted molar refractivity (Wildman–Crippen MR) is 157 cm³/mol. The Morgan fingerprint density at radius 1 is 1.00 bits per heavy atom. The molecule has 0 aliphatic rings. The number of imidazole rings is 1. The largest absolute Gasteiger partial charge is 0.399 e. The molecule has 0 radical (unpaired) electrons. The van der Waals surface area contributed by atoms with Gasteiger partial charge < -0.3 is 20.7 Å². The van der Waals surface area contributed by atoms with E-state index in [0.717, 1.165) is 11.1 Å². The molecule has 2 aromatic heterocycles. The number of aromatic nitrogens is 4. The fourth-order valence-electron chi connectivity index (χ4n) is 4.69. The van der Waals surface area contributed by atoms with E-state index in [-0.39, 0.29) is 11.2 Å². The molecule has 4 aromatic rings. The van der Waals surface area contributed by atoms with Crippen molar-refractivity contribution in [2.45, 2.75) is 65.3 Å². The first-order chi connectivity index (χ1) is 18.8. The maximum Gasteiger partial charge on any atom is 0.332 e. The maximum atomic E-state index is 13.7. The molecule has 0 amide bonds. The zero-order chi connectivity index (χ0) is 27.9. The van der Waals surface area contributed by atoms with Crippen LogP contribution in [0, 0.1) is 0 Å². The number of rotatable bonds is 13. The number of aliphatic hydroxyl groups is 1. The highest BCUT2D eigenvalue weighted by molar-refractivity contribution is 6.30. The van der Waals surface area contributed by atoms with Gasteiger partial charge in [-0.2, -0.15) is 0 Å². The first kappa shape index (κ1) is 28.6. The van der Waals surface area contributed by atoms with Crippen LogP contribution < -0.4 is 22.3 Å². The average molecular weight is 553 g/mol. The third-order valence-electron chi connectivity index (χ3n) is 6.86. The molecule has 9 nitrogen and oxygen atoms in total. The van der Waals surface area contributed by atoms with Gasteiger partial charge in [0.15, 0.2) is 11.2 Å². The van der Waals surface area contributed by atoms with E-state index in [1.807, 2.05) is 66.9 Å². The normalized spacial score (nSPS) is 12.3. The first-order valence-electron chi connectivity index (χ1n) is 13.5.